The smallest absolute Gasteiger partial charge is 0.328 e. The number of likely N-dealkylation sites (tertiary alicyclic amines) is 1. The van der Waals surface area contributed by atoms with Crippen molar-refractivity contribution in [3.63, 3.8) is 0 Å². The molecular weight excluding hydrogens is 509 g/mol. The number of aromatic nitrogens is 2. The number of fused-ring (bicyclic) bond motifs is 3. The number of hydrogen-bond acceptors (Lipinski definition) is 7. The Morgan fingerprint density at radius 1 is 1.08 bits per heavy atom. The Kier molecular flexibility index (Phi) is 5.87. The van der Waals surface area contributed by atoms with E-state index in [0.717, 1.165) is 11.3 Å². The number of amides is 3. The minimum atomic E-state index is -0.442. The van der Waals surface area contributed by atoms with Crippen LogP contribution in [0.2, 0.25) is 0 Å². The summed E-state index contributed by atoms with van der Waals surface area (Å²) in [5.41, 5.74) is 1.88. The summed E-state index contributed by atoms with van der Waals surface area (Å²) in [7, 11) is 1.55. The van der Waals surface area contributed by atoms with Crippen molar-refractivity contribution in [2.45, 2.75) is 18.8 Å². The Bertz CT molecular complexity index is 1580. The molecule has 38 heavy (non-hydrogen) atoms. The van der Waals surface area contributed by atoms with Gasteiger partial charge in [0, 0.05) is 49.8 Å². The largest absolute Gasteiger partial charge is 0.481 e. The lowest BCUT2D eigenvalue weighted by molar-refractivity contribution is -0.127. The van der Waals surface area contributed by atoms with Crippen LogP contribution in [0.25, 0.3) is 10.3 Å². The lowest BCUT2D eigenvalue weighted by Gasteiger charge is -2.25. The molecule has 1 N–H and O–H groups in total. The van der Waals surface area contributed by atoms with E-state index in [1.807, 2.05) is 12.1 Å². The van der Waals surface area contributed by atoms with E-state index in [-0.39, 0.29) is 17.8 Å². The normalized spacial score (nSPS) is 18.2. The van der Waals surface area contributed by atoms with Crippen LogP contribution in [0.1, 0.15) is 18.9 Å². The van der Waals surface area contributed by atoms with Gasteiger partial charge in [0.25, 0.3) is 0 Å². The van der Waals surface area contributed by atoms with Crippen molar-refractivity contribution < 1.29 is 23.5 Å². The van der Waals surface area contributed by atoms with Crippen LogP contribution in [0, 0.1) is 5.82 Å². The van der Waals surface area contributed by atoms with Crippen LogP contribution >= 0.6 is 11.3 Å². The van der Waals surface area contributed by atoms with E-state index in [0.29, 0.717) is 58.9 Å². The number of methoxy groups -OCH3 is 1. The van der Waals surface area contributed by atoms with Crippen LogP contribution in [-0.2, 0) is 10.2 Å². The van der Waals surface area contributed by atoms with Gasteiger partial charge in [0.1, 0.15) is 27.7 Å². The fraction of sp³-hybridized carbons (Fsp3) is 0.259. The van der Waals surface area contributed by atoms with Crippen LogP contribution < -0.4 is 19.7 Å². The van der Waals surface area contributed by atoms with E-state index >= 15 is 0 Å². The molecule has 11 heteroatoms. The minimum absolute atomic E-state index is 0.00380. The molecule has 6 rings (SSSR count). The maximum atomic E-state index is 13.7. The number of carbonyl (C=O) groups is 2. The first-order chi connectivity index (χ1) is 18.3. The molecule has 2 aromatic carbocycles. The number of carbonyl (C=O) groups excluding carboxylic acids is 2. The summed E-state index contributed by atoms with van der Waals surface area (Å²) in [6.45, 7) is 3.05. The molecular formula is C27H24FN5O4S. The van der Waals surface area contributed by atoms with E-state index in [2.05, 4.69) is 15.3 Å². The first-order valence-corrected chi connectivity index (χ1v) is 12.9. The molecule has 1 fully saturated rings. The molecule has 3 amide bonds. The highest BCUT2D eigenvalue weighted by atomic mass is 32.1. The number of anilines is 2. The third-order valence-electron chi connectivity index (χ3n) is 7.02. The first kappa shape index (κ1) is 24.1. The number of pyridine rings is 1. The molecule has 1 saturated heterocycles. The molecule has 1 atom stereocenters. The van der Waals surface area contributed by atoms with E-state index < -0.39 is 5.41 Å². The molecule has 194 valence electrons. The SMILES string of the molecule is COc1ccc2nc(NC(=O)N3CC4(CCN(C(C)=O)C4)c4cc(Oc5cccc(F)c5)ccc43)sc2n1. The number of ether oxygens (including phenoxy) is 2. The highest BCUT2D eigenvalue weighted by Crippen LogP contribution is 2.48. The summed E-state index contributed by atoms with van der Waals surface area (Å²) >= 11 is 1.26. The van der Waals surface area contributed by atoms with Gasteiger partial charge >= 0.3 is 6.03 Å². The van der Waals surface area contributed by atoms with Crippen molar-refractivity contribution in [3.8, 4) is 17.4 Å². The van der Waals surface area contributed by atoms with E-state index in [9.17, 15) is 14.0 Å². The van der Waals surface area contributed by atoms with E-state index in [1.165, 1.54) is 23.5 Å². The molecule has 2 aromatic heterocycles. The van der Waals surface area contributed by atoms with Gasteiger partial charge in [-0.15, -0.1) is 0 Å². The maximum Gasteiger partial charge on any atom is 0.328 e. The second-order valence-corrected chi connectivity index (χ2v) is 10.4. The van der Waals surface area contributed by atoms with Crippen molar-refractivity contribution in [3.05, 3.63) is 66.0 Å². The quantitative estimate of drug-likeness (QED) is 0.389. The highest BCUT2D eigenvalue weighted by molar-refractivity contribution is 7.22. The molecule has 0 aliphatic carbocycles. The van der Waals surface area contributed by atoms with Gasteiger partial charge in [-0.1, -0.05) is 17.4 Å². The first-order valence-electron chi connectivity index (χ1n) is 12.1. The number of urea groups is 1. The number of hydrogen-bond donors (Lipinski definition) is 1. The topological polar surface area (TPSA) is 96.9 Å². The molecule has 2 aliphatic rings. The van der Waals surface area contributed by atoms with Gasteiger partial charge in [-0.2, -0.15) is 0 Å². The average molecular weight is 534 g/mol. The van der Waals surface area contributed by atoms with E-state index in [4.69, 9.17) is 9.47 Å². The third kappa shape index (κ3) is 4.28. The van der Waals surface area contributed by atoms with Crippen molar-refractivity contribution in [1.29, 1.82) is 0 Å². The number of nitrogens with one attached hydrogen (secondary N) is 1. The van der Waals surface area contributed by atoms with Crippen molar-refractivity contribution in [1.82, 2.24) is 14.9 Å². The Labute approximate surface area is 221 Å². The van der Waals surface area contributed by atoms with Crippen LogP contribution in [0.4, 0.5) is 20.0 Å². The summed E-state index contributed by atoms with van der Waals surface area (Å²) in [5, 5.41) is 3.34. The van der Waals surface area contributed by atoms with Crippen LogP contribution in [0.5, 0.6) is 17.4 Å². The summed E-state index contributed by atoms with van der Waals surface area (Å²) < 4.78 is 24.8. The second-order valence-electron chi connectivity index (χ2n) is 9.42. The van der Waals surface area contributed by atoms with Gasteiger partial charge in [0.15, 0.2) is 5.13 Å². The molecule has 9 nitrogen and oxygen atoms in total. The molecule has 1 unspecified atom stereocenters. The Morgan fingerprint density at radius 3 is 2.68 bits per heavy atom. The molecule has 4 aromatic rings. The zero-order valence-corrected chi connectivity index (χ0v) is 21.5. The Morgan fingerprint density at radius 2 is 1.92 bits per heavy atom. The lowest BCUT2D eigenvalue weighted by Crippen LogP contribution is -2.41. The number of nitrogens with zero attached hydrogens (tertiary/aromatic N) is 4. The summed E-state index contributed by atoms with van der Waals surface area (Å²) in [6.07, 6.45) is 0.706. The number of benzene rings is 2. The molecule has 0 saturated carbocycles. The number of rotatable bonds is 4. The fourth-order valence-electron chi connectivity index (χ4n) is 5.18. The standard InChI is InChI=1S/C27H24FN5O4S/c1-16(34)32-11-10-27(14-32)15-33(26(35)31-25-29-21-7-9-23(36-2)30-24(21)38-25)22-8-6-19(13-20(22)27)37-18-5-3-4-17(28)12-18/h3-9,12-13H,10-11,14-15H2,1-2H3,(H,29,31,35). The van der Waals surface area contributed by atoms with Crippen molar-refractivity contribution >= 4 is 44.4 Å². The Hall–Kier alpha value is -4.25. The van der Waals surface area contributed by atoms with Gasteiger partial charge in [-0.3, -0.25) is 15.0 Å². The van der Waals surface area contributed by atoms with Gasteiger partial charge in [-0.25, -0.2) is 19.2 Å². The highest BCUT2D eigenvalue weighted by Gasteiger charge is 2.49. The van der Waals surface area contributed by atoms with Gasteiger partial charge in [0.05, 0.1) is 7.11 Å². The van der Waals surface area contributed by atoms with Crippen LogP contribution in [0.15, 0.2) is 54.6 Å². The number of halogens is 1. The molecule has 1 spiro atoms. The molecule has 0 radical (unpaired) electrons. The van der Waals surface area contributed by atoms with Crippen LogP contribution in [-0.4, -0.2) is 53.6 Å². The Balaban J connectivity index is 1.31. The zero-order chi connectivity index (χ0) is 26.4. The predicted octanol–water partition coefficient (Wildman–Crippen LogP) is 5.17. The molecule has 2 aliphatic heterocycles. The van der Waals surface area contributed by atoms with Gasteiger partial charge < -0.3 is 14.4 Å². The summed E-state index contributed by atoms with van der Waals surface area (Å²) in [6, 6.07) is 14.6. The predicted molar refractivity (Wildman–Crippen MR) is 142 cm³/mol. The van der Waals surface area contributed by atoms with Crippen LogP contribution in [0.3, 0.4) is 0 Å². The third-order valence-corrected chi connectivity index (χ3v) is 7.90. The number of thiazole rings is 1. The maximum absolute atomic E-state index is 13.7. The van der Waals surface area contributed by atoms with Crippen molar-refractivity contribution in [2.24, 2.45) is 0 Å². The lowest BCUT2D eigenvalue weighted by atomic mass is 9.81. The zero-order valence-electron chi connectivity index (χ0n) is 20.7. The second kappa shape index (κ2) is 9.25. The molecule has 0 bridgehead atoms. The van der Waals surface area contributed by atoms with Gasteiger partial charge in [-0.05, 0) is 48.4 Å². The minimum Gasteiger partial charge on any atom is -0.481 e. The average Bonchev–Trinajstić information content (AvgIpc) is 3.59. The molecule has 4 heterocycles. The van der Waals surface area contributed by atoms with Crippen molar-refractivity contribution in [2.75, 3.05) is 37.0 Å². The fourth-order valence-corrected chi connectivity index (χ4v) is 6.00. The summed E-state index contributed by atoms with van der Waals surface area (Å²) in [4.78, 5) is 38.7. The van der Waals surface area contributed by atoms with Gasteiger partial charge in [0.2, 0.25) is 11.8 Å². The monoisotopic (exact) mass is 533 g/mol. The summed E-state index contributed by atoms with van der Waals surface area (Å²) in [5.74, 6) is 0.991. The van der Waals surface area contributed by atoms with E-state index in [1.54, 1.807) is 54.2 Å².